The van der Waals surface area contributed by atoms with Gasteiger partial charge in [0.25, 0.3) is 0 Å². The van der Waals surface area contributed by atoms with Gasteiger partial charge in [0.1, 0.15) is 18.0 Å². The van der Waals surface area contributed by atoms with E-state index in [1.165, 1.54) is 0 Å². The van der Waals surface area contributed by atoms with Crippen LogP contribution in [0.5, 0.6) is 0 Å². The zero-order valence-electron chi connectivity index (χ0n) is 8.25. The zero-order chi connectivity index (χ0) is 10.8. The van der Waals surface area contributed by atoms with Gasteiger partial charge in [-0.1, -0.05) is 31.1 Å². The van der Waals surface area contributed by atoms with E-state index in [9.17, 15) is 8.78 Å². The second-order valence-electron chi connectivity index (χ2n) is 3.88. The first-order valence-corrected chi connectivity index (χ1v) is 4.13. The van der Waals surface area contributed by atoms with Gasteiger partial charge in [0, 0.05) is 5.41 Å². The molecule has 0 aliphatic heterocycles. The van der Waals surface area contributed by atoms with Crippen molar-refractivity contribution in [3.05, 3.63) is 11.4 Å². The Hall–Kier alpha value is -1.04. The highest BCUT2D eigenvalue weighted by molar-refractivity contribution is 5.15. The monoisotopic (exact) mass is 206 g/mol. The van der Waals surface area contributed by atoms with Crippen LogP contribution in [0.25, 0.3) is 0 Å². The van der Waals surface area contributed by atoms with Gasteiger partial charge in [0.05, 0.1) is 0 Å². The maximum absolute atomic E-state index is 11.8. The lowest BCUT2D eigenvalue weighted by molar-refractivity contribution is -0.138. The molecule has 1 aromatic rings. The van der Waals surface area contributed by atoms with Gasteiger partial charge in [-0.05, 0) is 0 Å². The van der Waals surface area contributed by atoms with Crippen LogP contribution in [0, 0.1) is 0 Å². The molecule has 0 amide bonds. The normalized spacial score (nSPS) is 12.4. The van der Waals surface area contributed by atoms with Crippen LogP contribution in [0.1, 0.15) is 32.2 Å². The highest BCUT2D eigenvalue weighted by Gasteiger charge is 2.24. The molecule has 0 spiro atoms. The number of alkyl halides is 2. The number of hydrogen-bond acceptors (Lipinski definition) is 4. The average Bonchev–Trinajstić information content (AvgIpc) is 2.46. The number of rotatable bonds is 3. The first-order chi connectivity index (χ1) is 6.41. The Balaban J connectivity index is 2.73. The molecule has 80 valence electrons. The van der Waals surface area contributed by atoms with Gasteiger partial charge in [-0.3, -0.25) is 0 Å². The maximum Gasteiger partial charge on any atom is 0.345 e. The second kappa shape index (κ2) is 4.00. The van der Waals surface area contributed by atoms with E-state index in [4.69, 9.17) is 0 Å². The second-order valence-corrected chi connectivity index (χ2v) is 3.88. The molecule has 0 N–H and O–H groups in total. The predicted molar refractivity (Wildman–Crippen MR) is 43.8 cm³/mol. The van der Waals surface area contributed by atoms with E-state index in [1.54, 1.807) is 0 Å². The SMILES string of the molecule is CC(C)(C)c1nonc1COC(F)F. The van der Waals surface area contributed by atoms with Gasteiger partial charge < -0.3 is 4.74 Å². The molecule has 1 aromatic heterocycles. The quantitative estimate of drug-likeness (QED) is 0.759. The van der Waals surface area contributed by atoms with Crippen molar-refractivity contribution >= 4 is 0 Å². The lowest BCUT2D eigenvalue weighted by atomic mass is 9.91. The van der Waals surface area contributed by atoms with E-state index >= 15 is 0 Å². The highest BCUT2D eigenvalue weighted by Crippen LogP contribution is 2.23. The third kappa shape index (κ3) is 2.73. The van der Waals surface area contributed by atoms with Crippen molar-refractivity contribution in [2.45, 2.75) is 39.4 Å². The van der Waals surface area contributed by atoms with Gasteiger partial charge >= 0.3 is 6.61 Å². The van der Waals surface area contributed by atoms with Crippen molar-refractivity contribution in [3.63, 3.8) is 0 Å². The van der Waals surface area contributed by atoms with Gasteiger partial charge in [-0.25, -0.2) is 4.63 Å². The van der Waals surface area contributed by atoms with Crippen molar-refractivity contribution in [2.24, 2.45) is 0 Å². The summed E-state index contributed by atoms with van der Waals surface area (Å²) in [6.45, 7) is 2.57. The predicted octanol–water partition coefficient (Wildman–Crippen LogP) is 2.11. The Morgan fingerprint density at radius 1 is 1.36 bits per heavy atom. The number of nitrogens with zero attached hydrogens (tertiary/aromatic N) is 2. The fourth-order valence-electron chi connectivity index (χ4n) is 1.01. The van der Waals surface area contributed by atoms with Crippen LogP contribution in [0.2, 0.25) is 0 Å². The standard InChI is InChI=1S/C8H12F2N2O2/c1-8(2,3)6-5(11-14-12-6)4-13-7(9)10/h7H,4H2,1-3H3. The number of hydrogen-bond donors (Lipinski definition) is 0. The van der Waals surface area contributed by atoms with Crippen LogP contribution in [0.15, 0.2) is 4.63 Å². The topological polar surface area (TPSA) is 48.2 Å². The maximum atomic E-state index is 11.8. The lowest BCUT2D eigenvalue weighted by Crippen LogP contribution is -2.15. The highest BCUT2D eigenvalue weighted by atomic mass is 19.3. The first kappa shape index (κ1) is 11.0. The zero-order valence-corrected chi connectivity index (χ0v) is 8.25. The minimum Gasteiger partial charge on any atom is -0.316 e. The van der Waals surface area contributed by atoms with E-state index in [0.717, 1.165) is 0 Å². The van der Waals surface area contributed by atoms with Crippen LogP contribution in [-0.4, -0.2) is 16.9 Å². The Labute approximate surface area is 80.2 Å². The summed E-state index contributed by atoms with van der Waals surface area (Å²) in [6.07, 6.45) is 0. The molecule has 0 atom stereocenters. The number of ether oxygens (including phenoxy) is 1. The minimum atomic E-state index is -2.81. The van der Waals surface area contributed by atoms with Gasteiger partial charge in [-0.15, -0.1) is 0 Å². The van der Waals surface area contributed by atoms with E-state index in [1.807, 2.05) is 20.8 Å². The first-order valence-electron chi connectivity index (χ1n) is 4.13. The van der Waals surface area contributed by atoms with Gasteiger partial charge in [0.15, 0.2) is 0 Å². The molecular weight excluding hydrogens is 194 g/mol. The summed E-state index contributed by atoms with van der Waals surface area (Å²) < 4.78 is 32.1. The van der Waals surface area contributed by atoms with Crippen molar-refractivity contribution in [2.75, 3.05) is 0 Å². The van der Waals surface area contributed by atoms with Crippen LogP contribution in [-0.2, 0) is 16.8 Å². The lowest BCUT2D eigenvalue weighted by Gasteiger charge is -2.14. The van der Waals surface area contributed by atoms with Gasteiger partial charge in [0.2, 0.25) is 0 Å². The van der Waals surface area contributed by atoms with Gasteiger partial charge in [-0.2, -0.15) is 8.78 Å². The number of aromatic nitrogens is 2. The Morgan fingerprint density at radius 3 is 2.50 bits per heavy atom. The molecular formula is C8H12F2N2O2. The van der Waals surface area contributed by atoms with Crippen molar-refractivity contribution < 1.29 is 18.1 Å². The molecule has 0 fully saturated rings. The fourth-order valence-corrected chi connectivity index (χ4v) is 1.01. The summed E-state index contributed by atoms with van der Waals surface area (Å²) in [6, 6.07) is 0. The van der Waals surface area contributed by atoms with Crippen molar-refractivity contribution in [1.82, 2.24) is 10.3 Å². The molecule has 0 radical (unpaired) electrons. The molecule has 6 heteroatoms. The summed E-state index contributed by atoms with van der Waals surface area (Å²) in [7, 11) is 0. The third-order valence-corrected chi connectivity index (χ3v) is 1.61. The summed E-state index contributed by atoms with van der Waals surface area (Å²) in [5, 5.41) is 7.16. The molecule has 0 bridgehead atoms. The molecule has 1 heterocycles. The fraction of sp³-hybridized carbons (Fsp3) is 0.750. The van der Waals surface area contributed by atoms with Crippen LogP contribution < -0.4 is 0 Å². The smallest absolute Gasteiger partial charge is 0.316 e. The molecule has 4 nitrogen and oxygen atoms in total. The molecule has 0 aromatic carbocycles. The van der Waals surface area contributed by atoms with Crippen LogP contribution >= 0.6 is 0 Å². The molecule has 0 saturated carbocycles. The molecule has 0 saturated heterocycles. The van der Waals surface area contributed by atoms with Crippen molar-refractivity contribution in [1.29, 1.82) is 0 Å². The molecule has 0 unspecified atom stereocenters. The van der Waals surface area contributed by atoms with Crippen LogP contribution in [0.3, 0.4) is 0 Å². The third-order valence-electron chi connectivity index (χ3n) is 1.61. The summed E-state index contributed by atoms with van der Waals surface area (Å²) in [5.74, 6) is 0. The Bertz CT molecular complexity index is 294. The van der Waals surface area contributed by atoms with Crippen LogP contribution in [0.4, 0.5) is 8.78 Å². The average molecular weight is 206 g/mol. The van der Waals surface area contributed by atoms with E-state index in [-0.39, 0.29) is 12.0 Å². The van der Waals surface area contributed by atoms with E-state index in [0.29, 0.717) is 11.4 Å². The minimum absolute atomic E-state index is 0.284. The molecule has 14 heavy (non-hydrogen) atoms. The van der Waals surface area contributed by atoms with E-state index in [2.05, 4.69) is 19.7 Å². The summed E-state index contributed by atoms with van der Waals surface area (Å²) >= 11 is 0. The van der Waals surface area contributed by atoms with E-state index < -0.39 is 6.61 Å². The summed E-state index contributed by atoms with van der Waals surface area (Å²) in [4.78, 5) is 0. The van der Waals surface area contributed by atoms with Crippen molar-refractivity contribution in [3.8, 4) is 0 Å². The Kier molecular flexibility index (Phi) is 3.15. The Morgan fingerprint density at radius 2 is 2.00 bits per heavy atom. The molecule has 0 aliphatic carbocycles. The molecule has 1 rings (SSSR count). The summed E-state index contributed by atoms with van der Waals surface area (Å²) in [5.41, 5.74) is 0.567. The molecule has 0 aliphatic rings. The largest absolute Gasteiger partial charge is 0.345 e. The number of halogens is 2.